The lowest BCUT2D eigenvalue weighted by atomic mass is 9.93. The van der Waals surface area contributed by atoms with Crippen LogP contribution in [-0.2, 0) is 0 Å². The summed E-state index contributed by atoms with van der Waals surface area (Å²) in [5.74, 6) is 0.549. The average molecular weight is 368 g/mol. The van der Waals surface area contributed by atoms with Crippen molar-refractivity contribution in [3.8, 4) is 22.0 Å². The summed E-state index contributed by atoms with van der Waals surface area (Å²) in [6, 6.07) is 13.5. The number of carbonyl (C=O) groups excluding carboxylic acids is 1. The fraction of sp³-hybridized carbons (Fsp3) is 0.300. The highest BCUT2D eigenvalue weighted by molar-refractivity contribution is 7.17. The fourth-order valence-corrected chi connectivity index (χ4v) is 4.20. The number of furan rings is 1. The zero-order valence-corrected chi connectivity index (χ0v) is 15.0. The van der Waals surface area contributed by atoms with Crippen molar-refractivity contribution >= 4 is 17.2 Å². The number of aliphatic hydroxyl groups excluding tert-OH is 1. The predicted octanol–water partition coefficient (Wildman–Crippen LogP) is 4.10. The maximum absolute atomic E-state index is 12.9. The molecule has 0 atom stereocenters. The maximum Gasteiger partial charge on any atom is 0.263 e. The number of thiazole rings is 1. The van der Waals surface area contributed by atoms with Gasteiger partial charge in [-0.1, -0.05) is 30.3 Å². The molecule has 134 valence electrons. The van der Waals surface area contributed by atoms with Crippen molar-refractivity contribution in [1.29, 1.82) is 0 Å². The van der Waals surface area contributed by atoms with Crippen LogP contribution in [0.3, 0.4) is 0 Å². The molecular weight excluding hydrogens is 348 g/mol. The highest BCUT2D eigenvalue weighted by atomic mass is 32.1. The van der Waals surface area contributed by atoms with Gasteiger partial charge in [0.05, 0.1) is 18.1 Å². The van der Waals surface area contributed by atoms with Crippen LogP contribution in [0.2, 0.25) is 0 Å². The van der Waals surface area contributed by atoms with Gasteiger partial charge in [0.2, 0.25) is 0 Å². The number of benzene rings is 1. The van der Waals surface area contributed by atoms with E-state index in [0.717, 1.165) is 31.2 Å². The van der Waals surface area contributed by atoms with Gasteiger partial charge in [-0.15, -0.1) is 11.3 Å². The van der Waals surface area contributed by atoms with E-state index in [1.807, 2.05) is 42.5 Å². The number of nitrogens with zero attached hydrogens (tertiary/aromatic N) is 1. The molecule has 2 heterocycles. The van der Waals surface area contributed by atoms with Gasteiger partial charge in [-0.25, -0.2) is 4.98 Å². The topological polar surface area (TPSA) is 75.4 Å². The zero-order chi connectivity index (χ0) is 17.9. The molecule has 0 saturated heterocycles. The van der Waals surface area contributed by atoms with Crippen molar-refractivity contribution < 1.29 is 14.3 Å². The van der Waals surface area contributed by atoms with Crippen molar-refractivity contribution in [2.75, 3.05) is 0 Å². The van der Waals surface area contributed by atoms with E-state index in [0.29, 0.717) is 21.3 Å². The number of carbonyl (C=O) groups is 1. The Hall–Kier alpha value is -2.44. The lowest BCUT2D eigenvalue weighted by molar-refractivity contribution is 0.0871. The summed E-state index contributed by atoms with van der Waals surface area (Å²) >= 11 is 1.34. The molecule has 0 spiro atoms. The van der Waals surface area contributed by atoms with E-state index in [-0.39, 0.29) is 18.1 Å². The van der Waals surface area contributed by atoms with Crippen LogP contribution in [0, 0.1) is 0 Å². The molecule has 6 heteroatoms. The van der Waals surface area contributed by atoms with Crippen LogP contribution >= 0.6 is 11.3 Å². The first kappa shape index (κ1) is 17.0. The molecule has 5 nitrogen and oxygen atoms in total. The number of rotatable bonds is 4. The molecule has 1 saturated carbocycles. The highest BCUT2D eigenvalue weighted by Gasteiger charge is 2.25. The van der Waals surface area contributed by atoms with Crippen LogP contribution in [0.5, 0.6) is 0 Å². The molecule has 26 heavy (non-hydrogen) atoms. The molecule has 0 aliphatic heterocycles. The zero-order valence-electron chi connectivity index (χ0n) is 14.2. The minimum absolute atomic E-state index is 0.101. The number of hydrogen-bond donors (Lipinski definition) is 2. The summed E-state index contributed by atoms with van der Waals surface area (Å²) in [6.45, 7) is 0. The summed E-state index contributed by atoms with van der Waals surface area (Å²) in [4.78, 5) is 18.2. The van der Waals surface area contributed by atoms with Crippen LogP contribution in [0.15, 0.2) is 53.1 Å². The number of hydrogen-bond acceptors (Lipinski definition) is 5. The summed E-state index contributed by atoms with van der Waals surface area (Å²) in [5.41, 5.74) is 1.58. The molecule has 2 N–H and O–H groups in total. The molecular formula is C20H20N2O3S. The first-order chi connectivity index (χ1) is 12.7. The van der Waals surface area contributed by atoms with Gasteiger partial charge < -0.3 is 14.8 Å². The Morgan fingerprint density at radius 1 is 1.12 bits per heavy atom. The Kier molecular flexibility index (Phi) is 4.86. The molecule has 4 rings (SSSR count). The summed E-state index contributed by atoms with van der Waals surface area (Å²) in [7, 11) is 0. The summed E-state index contributed by atoms with van der Waals surface area (Å²) in [5, 5.41) is 13.5. The van der Waals surface area contributed by atoms with E-state index < -0.39 is 0 Å². The number of aliphatic hydroxyl groups is 1. The standard InChI is InChI=1S/C20H20N2O3S/c23-15-10-8-14(9-11-15)21-19(24)18-17(13-5-2-1-3-6-13)22-20(26-18)16-7-4-12-25-16/h1-7,12,14-15,23H,8-11H2,(H,21,24). The van der Waals surface area contributed by atoms with E-state index in [1.165, 1.54) is 11.3 Å². The highest BCUT2D eigenvalue weighted by Crippen LogP contribution is 2.34. The number of nitrogens with one attached hydrogen (secondary N) is 1. The van der Waals surface area contributed by atoms with Gasteiger partial charge >= 0.3 is 0 Å². The molecule has 0 radical (unpaired) electrons. The van der Waals surface area contributed by atoms with Crippen LogP contribution in [0.25, 0.3) is 22.0 Å². The minimum atomic E-state index is -0.239. The SMILES string of the molecule is O=C(NC1CCC(O)CC1)c1sc(-c2ccco2)nc1-c1ccccc1. The van der Waals surface area contributed by atoms with Gasteiger partial charge in [0.25, 0.3) is 5.91 Å². The van der Waals surface area contributed by atoms with E-state index in [4.69, 9.17) is 4.42 Å². The van der Waals surface area contributed by atoms with Gasteiger partial charge in [0.1, 0.15) is 4.88 Å². The van der Waals surface area contributed by atoms with Crippen molar-refractivity contribution in [2.45, 2.75) is 37.8 Å². The molecule has 0 bridgehead atoms. The molecule has 2 aromatic heterocycles. The molecule has 3 aromatic rings. The van der Waals surface area contributed by atoms with Gasteiger partial charge in [-0.3, -0.25) is 4.79 Å². The third-order valence-electron chi connectivity index (χ3n) is 4.64. The van der Waals surface area contributed by atoms with Crippen LogP contribution in [0.4, 0.5) is 0 Å². The van der Waals surface area contributed by atoms with Crippen molar-refractivity contribution in [3.05, 3.63) is 53.6 Å². The molecule has 1 aliphatic carbocycles. The van der Waals surface area contributed by atoms with E-state index >= 15 is 0 Å². The van der Waals surface area contributed by atoms with Crippen LogP contribution in [-0.4, -0.2) is 28.1 Å². The van der Waals surface area contributed by atoms with E-state index in [1.54, 1.807) is 6.26 Å². The third-order valence-corrected chi connectivity index (χ3v) is 5.71. The predicted molar refractivity (Wildman–Crippen MR) is 101 cm³/mol. The lowest BCUT2D eigenvalue weighted by Crippen LogP contribution is -2.38. The second-order valence-corrected chi connectivity index (χ2v) is 7.52. The lowest BCUT2D eigenvalue weighted by Gasteiger charge is -2.26. The quantitative estimate of drug-likeness (QED) is 0.727. The van der Waals surface area contributed by atoms with Gasteiger partial charge in [-0.05, 0) is 37.8 Å². The normalized spacial score (nSPS) is 20.0. The Labute approximate surface area is 155 Å². The van der Waals surface area contributed by atoms with E-state index in [2.05, 4.69) is 10.3 Å². The molecule has 1 aromatic carbocycles. The largest absolute Gasteiger partial charge is 0.462 e. The van der Waals surface area contributed by atoms with Gasteiger partial charge in [0, 0.05) is 11.6 Å². The summed E-state index contributed by atoms with van der Waals surface area (Å²) in [6.07, 6.45) is 4.44. The van der Waals surface area contributed by atoms with Crippen LogP contribution in [0.1, 0.15) is 35.4 Å². The molecule has 1 aliphatic rings. The van der Waals surface area contributed by atoms with Crippen LogP contribution < -0.4 is 5.32 Å². The molecule has 0 unspecified atom stereocenters. The molecule has 1 amide bonds. The first-order valence-electron chi connectivity index (χ1n) is 8.80. The smallest absolute Gasteiger partial charge is 0.263 e. The van der Waals surface area contributed by atoms with Gasteiger partial charge in [-0.2, -0.15) is 0 Å². The fourth-order valence-electron chi connectivity index (χ4n) is 3.24. The Morgan fingerprint density at radius 2 is 1.88 bits per heavy atom. The second kappa shape index (κ2) is 7.43. The van der Waals surface area contributed by atoms with Crippen molar-refractivity contribution in [1.82, 2.24) is 10.3 Å². The second-order valence-electron chi connectivity index (χ2n) is 6.52. The minimum Gasteiger partial charge on any atom is -0.462 e. The Morgan fingerprint density at radius 3 is 2.58 bits per heavy atom. The van der Waals surface area contributed by atoms with Crippen molar-refractivity contribution in [3.63, 3.8) is 0 Å². The monoisotopic (exact) mass is 368 g/mol. The maximum atomic E-state index is 12.9. The number of aromatic nitrogens is 1. The average Bonchev–Trinajstić information content (AvgIpc) is 3.34. The van der Waals surface area contributed by atoms with E-state index in [9.17, 15) is 9.90 Å². The number of amides is 1. The van der Waals surface area contributed by atoms with Crippen molar-refractivity contribution in [2.24, 2.45) is 0 Å². The summed E-state index contributed by atoms with van der Waals surface area (Å²) < 4.78 is 5.45. The molecule has 1 fully saturated rings. The Bertz CT molecular complexity index is 866. The Balaban J connectivity index is 1.64. The first-order valence-corrected chi connectivity index (χ1v) is 9.61. The third kappa shape index (κ3) is 3.57. The van der Waals surface area contributed by atoms with Gasteiger partial charge in [0.15, 0.2) is 10.8 Å².